The van der Waals surface area contributed by atoms with E-state index < -0.39 is 13.2 Å². The molecule has 3 saturated carbocycles. The monoisotopic (exact) mass is 484 g/mol. The van der Waals surface area contributed by atoms with Crippen molar-refractivity contribution in [1.29, 1.82) is 0 Å². The number of nitrogens with two attached hydrogens (primary N) is 1. The third-order valence-electron chi connectivity index (χ3n) is 8.59. The van der Waals surface area contributed by atoms with E-state index in [0.717, 1.165) is 18.4 Å². The van der Waals surface area contributed by atoms with Gasteiger partial charge in [-0.05, 0) is 61.3 Å². The fourth-order valence-corrected chi connectivity index (χ4v) is 6.32. The Kier molecular flexibility index (Phi) is 7.65. The number of amides is 1. The van der Waals surface area contributed by atoms with Gasteiger partial charge in [0.1, 0.15) is 6.61 Å². The highest BCUT2D eigenvalue weighted by atomic mass is 16.7. The number of benzene rings is 1. The molecule has 3 N–H and O–H groups in total. The van der Waals surface area contributed by atoms with E-state index in [9.17, 15) is 9.59 Å². The van der Waals surface area contributed by atoms with Gasteiger partial charge in [0, 0.05) is 6.42 Å². The van der Waals surface area contributed by atoms with Crippen LogP contribution in [0.3, 0.4) is 0 Å². The largest absolute Gasteiger partial charge is 0.481 e. The number of carbonyl (C=O) groups is 2. The molecule has 192 valence electrons. The number of hydrogen-bond donors (Lipinski definition) is 2. The summed E-state index contributed by atoms with van der Waals surface area (Å²) >= 11 is 0. The summed E-state index contributed by atoms with van der Waals surface area (Å²) in [5, 5.41) is 3.08. The molecule has 35 heavy (non-hydrogen) atoms. The predicted molar refractivity (Wildman–Crippen MR) is 135 cm³/mol. The smallest absolute Gasteiger partial charge is 0.461 e. The van der Waals surface area contributed by atoms with Crippen LogP contribution >= 0.6 is 0 Å². The van der Waals surface area contributed by atoms with Crippen molar-refractivity contribution < 1.29 is 23.6 Å². The molecule has 2 bridgehead atoms. The van der Waals surface area contributed by atoms with Crippen LogP contribution in [0.25, 0.3) is 0 Å². The first-order chi connectivity index (χ1) is 16.5. The van der Waals surface area contributed by atoms with E-state index in [1.165, 1.54) is 6.42 Å². The molecule has 6 atom stereocenters. The highest BCUT2D eigenvalue weighted by Crippen LogP contribution is 2.65. The van der Waals surface area contributed by atoms with Gasteiger partial charge in [-0.1, -0.05) is 58.0 Å². The summed E-state index contributed by atoms with van der Waals surface area (Å²) in [7, 11) is -0.491. The van der Waals surface area contributed by atoms with E-state index in [1.807, 2.05) is 30.3 Å². The summed E-state index contributed by atoms with van der Waals surface area (Å²) in [5.41, 5.74) is 7.01. The molecule has 1 aliphatic heterocycles. The second-order valence-corrected chi connectivity index (χ2v) is 11.9. The molecule has 1 aromatic rings. The molecule has 0 aromatic heterocycles. The molecule has 0 unspecified atom stereocenters. The van der Waals surface area contributed by atoms with Crippen molar-refractivity contribution in [3.63, 3.8) is 0 Å². The molecule has 5 rings (SSSR count). The summed E-state index contributed by atoms with van der Waals surface area (Å²) in [6, 6.07) is 8.70. The van der Waals surface area contributed by atoms with Crippen molar-refractivity contribution in [1.82, 2.24) is 5.32 Å². The Morgan fingerprint density at radius 1 is 1.20 bits per heavy atom. The fourth-order valence-electron chi connectivity index (χ4n) is 6.32. The highest BCUT2D eigenvalue weighted by molar-refractivity contribution is 6.47. The Morgan fingerprint density at radius 3 is 2.57 bits per heavy atom. The molecular weight excluding hydrogens is 443 g/mol. The quantitative estimate of drug-likeness (QED) is 0.389. The third kappa shape index (κ3) is 5.44. The average molecular weight is 484 g/mol. The first kappa shape index (κ1) is 26.2. The second kappa shape index (κ2) is 10.2. The lowest BCUT2D eigenvalue weighted by atomic mass is 9.43. The van der Waals surface area contributed by atoms with Gasteiger partial charge in [0.05, 0.1) is 23.7 Å². The van der Waals surface area contributed by atoms with E-state index in [4.69, 9.17) is 19.8 Å². The number of ether oxygens (including phenoxy) is 1. The average Bonchev–Trinajstić information content (AvgIpc) is 3.18. The number of rotatable bonds is 10. The van der Waals surface area contributed by atoms with Crippen LogP contribution in [0, 0.1) is 23.2 Å². The lowest BCUT2D eigenvalue weighted by Crippen LogP contribution is -2.65. The van der Waals surface area contributed by atoms with Crippen LogP contribution in [0.4, 0.5) is 0 Å². The molecule has 1 aromatic carbocycles. The normalized spacial score (nSPS) is 30.3. The van der Waals surface area contributed by atoms with Gasteiger partial charge < -0.3 is 25.1 Å². The Morgan fingerprint density at radius 2 is 1.91 bits per heavy atom. The second-order valence-electron chi connectivity index (χ2n) is 11.9. The van der Waals surface area contributed by atoms with Gasteiger partial charge in [-0.3, -0.25) is 9.59 Å². The van der Waals surface area contributed by atoms with Crippen LogP contribution in [0.2, 0.25) is 0 Å². The molecule has 1 heterocycles. The molecule has 3 aliphatic carbocycles. The van der Waals surface area contributed by atoms with Crippen molar-refractivity contribution in [3.05, 3.63) is 35.9 Å². The molecule has 1 saturated heterocycles. The maximum atomic E-state index is 13.0. The molecule has 1 amide bonds. The minimum atomic E-state index is -0.806. The minimum absolute atomic E-state index is 0.0592. The van der Waals surface area contributed by atoms with E-state index in [2.05, 4.69) is 39.9 Å². The fraction of sp³-hybridized carbons (Fsp3) is 0.704. The summed E-state index contributed by atoms with van der Waals surface area (Å²) in [4.78, 5) is 25.1. The minimum Gasteiger partial charge on any atom is -0.461 e. The summed E-state index contributed by atoms with van der Waals surface area (Å²) in [6.07, 6.45) is 3.28. The van der Waals surface area contributed by atoms with Crippen LogP contribution in [0.5, 0.6) is 0 Å². The van der Waals surface area contributed by atoms with Crippen LogP contribution < -0.4 is 11.1 Å². The van der Waals surface area contributed by atoms with Gasteiger partial charge in [0.15, 0.2) is 0 Å². The van der Waals surface area contributed by atoms with E-state index in [0.29, 0.717) is 17.8 Å². The van der Waals surface area contributed by atoms with Gasteiger partial charge in [-0.2, -0.15) is 0 Å². The van der Waals surface area contributed by atoms with Crippen molar-refractivity contribution in [2.45, 2.75) is 97.0 Å². The molecule has 8 heteroatoms. The molecule has 4 aliphatic rings. The SMILES string of the molecule is CC(C)C[C@H](NC(=O)[C@@H](N)CCC(=O)OCc1ccccc1)B1O[C@@H]2C[C@H]3C[C@H](C3(C)C)[C@]2(C)O1. The van der Waals surface area contributed by atoms with E-state index in [1.54, 1.807) is 0 Å². The summed E-state index contributed by atoms with van der Waals surface area (Å²) in [5.74, 6) is 0.531. The lowest BCUT2D eigenvalue weighted by Gasteiger charge is -2.64. The third-order valence-corrected chi connectivity index (χ3v) is 8.59. The Balaban J connectivity index is 1.29. The van der Waals surface area contributed by atoms with Crippen molar-refractivity contribution >= 4 is 19.0 Å². The standard InChI is InChI=1S/C27H41BN2O5/c1-17(2)13-23(28-34-22-15-19-14-21(26(19,3)4)27(22,5)35-28)30-25(32)20(29)11-12-24(31)33-16-18-9-7-6-8-10-18/h6-10,17,19-23H,11-16,29H2,1-5H3,(H,30,32)/t19-,20+,21-,22-,23+,27+/m1/s1. The highest BCUT2D eigenvalue weighted by Gasteiger charge is 2.68. The van der Waals surface area contributed by atoms with Crippen LogP contribution in [-0.2, 0) is 30.2 Å². The number of nitrogens with one attached hydrogen (secondary N) is 1. The first-order valence-electron chi connectivity index (χ1n) is 13.1. The zero-order valence-corrected chi connectivity index (χ0v) is 21.8. The van der Waals surface area contributed by atoms with E-state index >= 15 is 0 Å². The molecule has 0 spiro atoms. The Bertz CT molecular complexity index is 910. The van der Waals surface area contributed by atoms with Gasteiger partial charge >= 0.3 is 13.1 Å². The van der Waals surface area contributed by atoms with Crippen molar-refractivity contribution in [2.75, 3.05) is 0 Å². The Labute approximate surface area is 210 Å². The zero-order valence-electron chi connectivity index (χ0n) is 21.8. The topological polar surface area (TPSA) is 99.9 Å². The molecule has 4 fully saturated rings. The maximum Gasteiger partial charge on any atom is 0.481 e. The summed E-state index contributed by atoms with van der Waals surface area (Å²) < 4.78 is 18.3. The van der Waals surface area contributed by atoms with E-state index in [-0.39, 0.29) is 54.4 Å². The number of hydrogen-bond acceptors (Lipinski definition) is 6. The lowest BCUT2D eigenvalue weighted by molar-refractivity contribution is -0.199. The molecular formula is C27H41BN2O5. The van der Waals surface area contributed by atoms with Crippen LogP contribution in [-0.4, -0.2) is 42.7 Å². The first-order valence-corrected chi connectivity index (χ1v) is 13.1. The van der Waals surface area contributed by atoms with Gasteiger partial charge in [0.2, 0.25) is 5.91 Å². The molecule has 7 nitrogen and oxygen atoms in total. The number of esters is 1. The van der Waals surface area contributed by atoms with Gasteiger partial charge in [0.25, 0.3) is 0 Å². The van der Waals surface area contributed by atoms with Gasteiger partial charge in [-0.25, -0.2) is 0 Å². The van der Waals surface area contributed by atoms with Gasteiger partial charge in [-0.15, -0.1) is 0 Å². The summed E-state index contributed by atoms with van der Waals surface area (Å²) in [6.45, 7) is 11.3. The number of carbonyl (C=O) groups excluding carboxylic acids is 2. The zero-order chi connectivity index (χ0) is 25.4. The van der Waals surface area contributed by atoms with Crippen LogP contribution in [0.1, 0.15) is 72.3 Å². The van der Waals surface area contributed by atoms with Crippen molar-refractivity contribution in [2.24, 2.45) is 28.9 Å². The predicted octanol–water partition coefficient (Wildman–Crippen LogP) is 3.64. The Hall–Kier alpha value is -1.90. The van der Waals surface area contributed by atoms with Crippen molar-refractivity contribution in [3.8, 4) is 0 Å². The molecule has 0 radical (unpaired) electrons. The van der Waals surface area contributed by atoms with Crippen LogP contribution in [0.15, 0.2) is 30.3 Å². The maximum absolute atomic E-state index is 13.0.